The SMILES string of the molecule is CCc1nn(C)c(COc2ccc(Cl)c(C(=O)O)c2)c1Br. The van der Waals surface area contributed by atoms with Gasteiger partial charge in [0.05, 0.1) is 26.4 Å². The quantitative estimate of drug-likeness (QED) is 0.868. The molecule has 2 aromatic rings. The van der Waals surface area contributed by atoms with Gasteiger partial charge in [0.1, 0.15) is 12.4 Å². The first-order valence-electron chi connectivity index (χ1n) is 6.30. The van der Waals surface area contributed by atoms with Crippen LogP contribution in [0.25, 0.3) is 0 Å². The number of halogens is 2. The molecule has 7 heteroatoms. The van der Waals surface area contributed by atoms with E-state index in [0.717, 1.165) is 22.3 Å². The maximum absolute atomic E-state index is 11.0. The summed E-state index contributed by atoms with van der Waals surface area (Å²) in [4.78, 5) is 11.0. The number of hydrogen-bond acceptors (Lipinski definition) is 3. The summed E-state index contributed by atoms with van der Waals surface area (Å²) >= 11 is 9.33. The Bertz CT molecular complexity index is 685. The van der Waals surface area contributed by atoms with Crippen LogP contribution in [0.5, 0.6) is 5.75 Å². The van der Waals surface area contributed by atoms with Crippen LogP contribution < -0.4 is 4.74 Å². The monoisotopic (exact) mass is 372 g/mol. The molecule has 0 spiro atoms. The Balaban J connectivity index is 2.19. The Kier molecular flexibility index (Phi) is 4.90. The highest BCUT2D eigenvalue weighted by molar-refractivity contribution is 9.10. The molecule has 1 N–H and O–H groups in total. The number of rotatable bonds is 5. The summed E-state index contributed by atoms with van der Waals surface area (Å²) < 4.78 is 8.31. The summed E-state index contributed by atoms with van der Waals surface area (Å²) in [5.74, 6) is -0.636. The Morgan fingerprint density at radius 3 is 2.81 bits per heavy atom. The molecular formula is C14H14BrClN2O3. The fourth-order valence-electron chi connectivity index (χ4n) is 1.89. The van der Waals surface area contributed by atoms with Gasteiger partial charge in [-0.1, -0.05) is 18.5 Å². The predicted octanol–water partition coefficient (Wildman–Crippen LogP) is 3.68. The van der Waals surface area contributed by atoms with Crippen molar-refractivity contribution in [1.29, 1.82) is 0 Å². The van der Waals surface area contributed by atoms with Crippen molar-refractivity contribution in [2.45, 2.75) is 20.0 Å². The average molecular weight is 374 g/mol. The van der Waals surface area contributed by atoms with Gasteiger partial charge in [-0.25, -0.2) is 4.79 Å². The molecule has 21 heavy (non-hydrogen) atoms. The number of nitrogens with zero attached hydrogens (tertiary/aromatic N) is 2. The van der Waals surface area contributed by atoms with E-state index in [9.17, 15) is 4.79 Å². The van der Waals surface area contributed by atoms with Gasteiger partial charge in [0.15, 0.2) is 0 Å². The van der Waals surface area contributed by atoms with E-state index >= 15 is 0 Å². The summed E-state index contributed by atoms with van der Waals surface area (Å²) in [6.07, 6.45) is 0.818. The smallest absolute Gasteiger partial charge is 0.337 e. The zero-order valence-electron chi connectivity index (χ0n) is 11.6. The highest BCUT2D eigenvalue weighted by atomic mass is 79.9. The number of aromatic carboxylic acids is 1. The van der Waals surface area contributed by atoms with Crippen LogP contribution >= 0.6 is 27.5 Å². The highest BCUT2D eigenvalue weighted by Gasteiger charge is 2.14. The van der Waals surface area contributed by atoms with Crippen LogP contribution in [0.3, 0.4) is 0 Å². The molecule has 0 aliphatic carbocycles. The van der Waals surface area contributed by atoms with Gasteiger partial charge >= 0.3 is 5.97 Å². The fraction of sp³-hybridized carbons (Fsp3) is 0.286. The first kappa shape index (κ1) is 15.9. The van der Waals surface area contributed by atoms with Crippen LogP contribution in [0, 0.1) is 0 Å². The first-order chi connectivity index (χ1) is 9.93. The molecule has 0 fully saturated rings. The standard InChI is InChI=1S/C14H14BrClN2O3/c1-3-11-13(15)12(18(2)17-11)7-21-8-4-5-10(16)9(6-8)14(19)20/h4-6H,3,7H2,1-2H3,(H,19,20). The molecule has 5 nitrogen and oxygen atoms in total. The summed E-state index contributed by atoms with van der Waals surface area (Å²) in [7, 11) is 1.84. The summed E-state index contributed by atoms with van der Waals surface area (Å²) in [6.45, 7) is 2.31. The van der Waals surface area contributed by atoms with E-state index in [1.807, 2.05) is 14.0 Å². The largest absolute Gasteiger partial charge is 0.487 e. The molecule has 0 radical (unpaired) electrons. The van der Waals surface area contributed by atoms with Crippen molar-refractivity contribution in [3.63, 3.8) is 0 Å². The summed E-state index contributed by atoms with van der Waals surface area (Å²) in [6, 6.07) is 4.56. The Labute approximate surface area is 135 Å². The van der Waals surface area contributed by atoms with Crippen LogP contribution in [0.2, 0.25) is 5.02 Å². The minimum Gasteiger partial charge on any atom is -0.487 e. The van der Waals surface area contributed by atoms with Crippen molar-refractivity contribution in [2.24, 2.45) is 7.05 Å². The molecule has 0 saturated heterocycles. The van der Waals surface area contributed by atoms with Crippen LogP contribution in [-0.4, -0.2) is 20.9 Å². The zero-order valence-corrected chi connectivity index (χ0v) is 13.9. The number of carboxylic acid groups (broad SMARTS) is 1. The molecule has 2 rings (SSSR count). The zero-order chi connectivity index (χ0) is 15.6. The van der Waals surface area contributed by atoms with Crippen LogP contribution in [-0.2, 0) is 20.1 Å². The number of hydrogen-bond donors (Lipinski definition) is 1. The van der Waals surface area contributed by atoms with E-state index in [-0.39, 0.29) is 17.2 Å². The number of carbonyl (C=O) groups is 1. The maximum atomic E-state index is 11.0. The average Bonchev–Trinajstić information content (AvgIpc) is 2.72. The van der Waals surface area contributed by atoms with Gasteiger partial charge in [-0.2, -0.15) is 5.10 Å². The van der Waals surface area contributed by atoms with Crippen molar-refractivity contribution in [1.82, 2.24) is 9.78 Å². The van der Waals surface area contributed by atoms with Crippen LogP contribution in [0.4, 0.5) is 0 Å². The van der Waals surface area contributed by atoms with Crippen molar-refractivity contribution >= 4 is 33.5 Å². The molecule has 0 saturated carbocycles. The van der Waals surface area contributed by atoms with E-state index < -0.39 is 5.97 Å². The molecule has 0 unspecified atom stereocenters. The molecule has 0 atom stereocenters. The molecule has 112 valence electrons. The van der Waals surface area contributed by atoms with Gasteiger partial charge in [0, 0.05) is 7.05 Å². The lowest BCUT2D eigenvalue weighted by atomic mass is 10.2. The first-order valence-corrected chi connectivity index (χ1v) is 7.47. The van der Waals surface area contributed by atoms with Crippen LogP contribution in [0.15, 0.2) is 22.7 Å². The number of aryl methyl sites for hydroxylation is 2. The summed E-state index contributed by atoms with van der Waals surface area (Å²) in [5.41, 5.74) is 1.87. The van der Waals surface area contributed by atoms with E-state index in [1.165, 1.54) is 12.1 Å². The van der Waals surface area contributed by atoms with E-state index in [2.05, 4.69) is 21.0 Å². The lowest BCUT2D eigenvalue weighted by Gasteiger charge is -2.08. The Hall–Kier alpha value is -1.53. The van der Waals surface area contributed by atoms with Gasteiger partial charge in [-0.05, 0) is 40.5 Å². The number of carboxylic acids is 1. The molecule has 1 aromatic carbocycles. The maximum Gasteiger partial charge on any atom is 0.337 e. The van der Waals surface area contributed by atoms with Crippen LogP contribution in [0.1, 0.15) is 28.7 Å². The summed E-state index contributed by atoms with van der Waals surface area (Å²) in [5, 5.41) is 13.6. The molecular weight excluding hydrogens is 360 g/mol. The molecule has 0 bridgehead atoms. The van der Waals surface area contributed by atoms with E-state index in [4.69, 9.17) is 21.4 Å². The third kappa shape index (κ3) is 3.39. The fourth-order valence-corrected chi connectivity index (χ4v) is 2.82. The minimum atomic E-state index is -1.08. The molecule has 0 amide bonds. The Morgan fingerprint density at radius 2 is 2.24 bits per heavy atom. The molecule has 1 aromatic heterocycles. The van der Waals surface area contributed by atoms with Crippen molar-refractivity contribution in [3.05, 3.63) is 44.6 Å². The second-order valence-electron chi connectivity index (χ2n) is 4.42. The lowest BCUT2D eigenvalue weighted by Crippen LogP contribution is -2.04. The van der Waals surface area contributed by atoms with Gasteiger partial charge in [-0.3, -0.25) is 4.68 Å². The van der Waals surface area contributed by atoms with Crippen molar-refractivity contribution < 1.29 is 14.6 Å². The van der Waals surface area contributed by atoms with Gasteiger partial charge in [0.25, 0.3) is 0 Å². The number of ether oxygens (including phenoxy) is 1. The predicted molar refractivity (Wildman–Crippen MR) is 83.0 cm³/mol. The number of benzene rings is 1. The van der Waals surface area contributed by atoms with Gasteiger partial charge in [0.2, 0.25) is 0 Å². The van der Waals surface area contributed by atoms with Crippen molar-refractivity contribution in [3.8, 4) is 5.75 Å². The van der Waals surface area contributed by atoms with Crippen molar-refractivity contribution in [2.75, 3.05) is 0 Å². The number of aromatic nitrogens is 2. The lowest BCUT2D eigenvalue weighted by molar-refractivity contribution is 0.0696. The topological polar surface area (TPSA) is 64.4 Å². The van der Waals surface area contributed by atoms with Gasteiger partial charge in [-0.15, -0.1) is 0 Å². The van der Waals surface area contributed by atoms with E-state index in [0.29, 0.717) is 5.75 Å². The van der Waals surface area contributed by atoms with Gasteiger partial charge < -0.3 is 9.84 Å². The Morgan fingerprint density at radius 1 is 1.52 bits per heavy atom. The minimum absolute atomic E-state index is 0.0208. The normalized spacial score (nSPS) is 10.7. The second kappa shape index (κ2) is 6.49. The third-order valence-electron chi connectivity index (χ3n) is 3.05. The highest BCUT2D eigenvalue weighted by Crippen LogP contribution is 2.25. The second-order valence-corrected chi connectivity index (χ2v) is 5.62. The molecule has 0 aliphatic rings. The molecule has 0 aliphatic heterocycles. The molecule has 1 heterocycles. The third-order valence-corrected chi connectivity index (χ3v) is 4.29. The van der Waals surface area contributed by atoms with E-state index in [1.54, 1.807) is 10.7 Å².